The minimum absolute atomic E-state index is 0. The van der Waals surface area contributed by atoms with E-state index in [0.29, 0.717) is 32.7 Å². The Hall–Kier alpha value is -0.560. The summed E-state index contributed by atoms with van der Waals surface area (Å²) in [4.78, 5) is 27.3. The molecule has 0 aromatic carbocycles. The van der Waals surface area contributed by atoms with Crippen LogP contribution >= 0.6 is 24.8 Å². The van der Waals surface area contributed by atoms with Crippen LogP contribution in [0.5, 0.6) is 0 Å². The molecule has 0 radical (unpaired) electrons. The van der Waals surface area contributed by atoms with Gasteiger partial charge in [0.25, 0.3) is 0 Å². The van der Waals surface area contributed by atoms with E-state index in [2.05, 4.69) is 10.2 Å². The molecule has 3 N–H and O–H groups in total. The Morgan fingerprint density at radius 1 is 1.20 bits per heavy atom. The molecule has 0 bridgehead atoms. The van der Waals surface area contributed by atoms with Crippen LogP contribution in [-0.4, -0.2) is 67.4 Å². The van der Waals surface area contributed by atoms with Crippen LogP contribution in [0.15, 0.2) is 0 Å². The molecule has 1 atom stereocenters. The molecule has 6 nitrogen and oxygen atoms in total. The first-order chi connectivity index (χ1) is 8.58. The summed E-state index contributed by atoms with van der Waals surface area (Å²) < 4.78 is 0. The van der Waals surface area contributed by atoms with Crippen molar-refractivity contribution in [1.29, 1.82) is 0 Å². The van der Waals surface area contributed by atoms with Crippen molar-refractivity contribution < 1.29 is 9.59 Å². The Balaban J connectivity index is 0. The van der Waals surface area contributed by atoms with Crippen LogP contribution in [-0.2, 0) is 9.59 Å². The second-order valence-corrected chi connectivity index (χ2v) is 4.69. The summed E-state index contributed by atoms with van der Waals surface area (Å²) in [5.74, 6) is 0.0581. The van der Waals surface area contributed by atoms with Gasteiger partial charge in [-0.1, -0.05) is 6.92 Å². The van der Waals surface area contributed by atoms with Crippen LogP contribution in [0.4, 0.5) is 0 Å². The molecule has 0 aromatic heterocycles. The van der Waals surface area contributed by atoms with Gasteiger partial charge in [-0.15, -0.1) is 24.8 Å². The number of nitrogens with two attached hydrogens (primary N) is 1. The van der Waals surface area contributed by atoms with Gasteiger partial charge in [-0.2, -0.15) is 0 Å². The third-order valence-corrected chi connectivity index (χ3v) is 3.20. The third kappa shape index (κ3) is 6.74. The maximum Gasteiger partial charge on any atom is 0.234 e. The fourth-order valence-electron chi connectivity index (χ4n) is 2.00. The maximum atomic E-state index is 11.9. The molecule has 0 aliphatic carbocycles. The molecule has 1 saturated heterocycles. The van der Waals surface area contributed by atoms with E-state index in [9.17, 15) is 9.59 Å². The minimum atomic E-state index is -0.111. The number of halogens is 2. The van der Waals surface area contributed by atoms with Crippen LogP contribution in [0.25, 0.3) is 0 Å². The largest absolute Gasteiger partial charge is 0.355 e. The van der Waals surface area contributed by atoms with Gasteiger partial charge in [-0.3, -0.25) is 14.5 Å². The number of hydrogen-bond donors (Lipinski definition) is 2. The van der Waals surface area contributed by atoms with Gasteiger partial charge in [0.1, 0.15) is 0 Å². The van der Waals surface area contributed by atoms with Crippen molar-refractivity contribution in [3.05, 3.63) is 0 Å². The van der Waals surface area contributed by atoms with Crippen molar-refractivity contribution in [1.82, 2.24) is 15.1 Å². The second kappa shape index (κ2) is 11.1. The molecule has 1 heterocycles. The fraction of sp³-hybridized carbons (Fsp3) is 0.833. The van der Waals surface area contributed by atoms with E-state index < -0.39 is 0 Å². The smallest absolute Gasteiger partial charge is 0.234 e. The predicted molar refractivity (Wildman–Crippen MR) is 84.4 cm³/mol. The molecule has 0 saturated carbocycles. The molecule has 2 amide bonds. The Kier molecular flexibility index (Phi) is 12.1. The van der Waals surface area contributed by atoms with Gasteiger partial charge in [-0.25, -0.2) is 0 Å². The normalized spacial score (nSPS) is 16.6. The summed E-state index contributed by atoms with van der Waals surface area (Å²) >= 11 is 0. The monoisotopic (exact) mass is 328 g/mol. The van der Waals surface area contributed by atoms with Gasteiger partial charge in [0, 0.05) is 45.2 Å². The Labute approximate surface area is 133 Å². The lowest BCUT2D eigenvalue weighted by Crippen LogP contribution is -2.52. The lowest BCUT2D eigenvalue weighted by atomic mass is 10.1. The summed E-state index contributed by atoms with van der Waals surface area (Å²) in [6, 6.07) is 0. The van der Waals surface area contributed by atoms with E-state index in [-0.39, 0.29) is 42.5 Å². The number of piperazine rings is 1. The third-order valence-electron chi connectivity index (χ3n) is 3.20. The van der Waals surface area contributed by atoms with E-state index in [0.717, 1.165) is 13.1 Å². The average molecular weight is 329 g/mol. The lowest BCUT2D eigenvalue weighted by molar-refractivity contribution is -0.136. The fourth-order valence-corrected chi connectivity index (χ4v) is 2.00. The number of nitrogens with zero attached hydrogens (tertiary/aromatic N) is 2. The molecule has 8 heteroatoms. The van der Waals surface area contributed by atoms with Crippen LogP contribution in [0.3, 0.4) is 0 Å². The summed E-state index contributed by atoms with van der Waals surface area (Å²) in [5, 5.41) is 2.78. The van der Waals surface area contributed by atoms with E-state index in [1.54, 1.807) is 0 Å². The van der Waals surface area contributed by atoms with Gasteiger partial charge >= 0.3 is 0 Å². The van der Waals surface area contributed by atoms with Crippen LogP contribution in [0.1, 0.15) is 13.8 Å². The molecule has 120 valence electrons. The number of amides is 2. The topological polar surface area (TPSA) is 78.7 Å². The average Bonchev–Trinajstić information content (AvgIpc) is 2.38. The van der Waals surface area contributed by atoms with Gasteiger partial charge in [0.15, 0.2) is 0 Å². The first-order valence-corrected chi connectivity index (χ1v) is 6.56. The molecule has 20 heavy (non-hydrogen) atoms. The summed E-state index contributed by atoms with van der Waals surface area (Å²) in [7, 11) is 0. The maximum absolute atomic E-state index is 11.9. The van der Waals surface area contributed by atoms with E-state index in [4.69, 9.17) is 5.73 Å². The molecule has 1 rings (SSSR count). The zero-order valence-corrected chi connectivity index (χ0v) is 13.8. The van der Waals surface area contributed by atoms with E-state index >= 15 is 0 Å². The van der Waals surface area contributed by atoms with Gasteiger partial charge in [0.2, 0.25) is 11.8 Å². The molecule has 0 aromatic rings. The van der Waals surface area contributed by atoms with Crippen LogP contribution in [0.2, 0.25) is 0 Å². The summed E-state index contributed by atoms with van der Waals surface area (Å²) in [5.41, 5.74) is 5.50. The van der Waals surface area contributed by atoms with Crippen molar-refractivity contribution >= 4 is 36.6 Å². The predicted octanol–water partition coefficient (Wildman–Crippen LogP) is -0.295. The van der Waals surface area contributed by atoms with E-state index in [1.165, 1.54) is 0 Å². The Morgan fingerprint density at radius 2 is 1.75 bits per heavy atom. The zero-order valence-electron chi connectivity index (χ0n) is 12.1. The number of hydrogen-bond acceptors (Lipinski definition) is 4. The molecule has 1 fully saturated rings. The SMILES string of the molecule is CCNC(=O)CN1CCN(C(=O)C(C)CN)CC1.Cl.Cl. The summed E-state index contributed by atoms with van der Waals surface area (Å²) in [6.07, 6.45) is 0. The second-order valence-electron chi connectivity index (χ2n) is 4.69. The van der Waals surface area contributed by atoms with Crippen molar-refractivity contribution in [3.8, 4) is 0 Å². The molecule has 0 spiro atoms. The van der Waals surface area contributed by atoms with Gasteiger partial charge in [-0.05, 0) is 6.92 Å². The highest BCUT2D eigenvalue weighted by Gasteiger charge is 2.24. The highest BCUT2D eigenvalue weighted by Crippen LogP contribution is 2.06. The summed E-state index contributed by atoms with van der Waals surface area (Å²) in [6.45, 7) is 8.09. The van der Waals surface area contributed by atoms with Crippen molar-refractivity contribution in [2.75, 3.05) is 45.8 Å². The number of carbonyl (C=O) groups excluding carboxylic acids is 2. The van der Waals surface area contributed by atoms with Crippen molar-refractivity contribution in [2.45, 2.75) is 13.8 Å². The molecule has 1 aliphatic rings. The van der Waals surface area contributed by atoms with Gasteiger partial charge in [0.05, 0.1) is 6.54 Å². The molecular formula is C12H26Cl2N4O2. The first-order valence-electron chi connectivity index (χ1n) is 6.56. The minimum Gasteiger partial charge on any atom is -0.355 e. The molecule has 1 aliphatic heterocycles. The number of likely N-dealkylation sites (N-methyl/N-ethyl adjacent to an activating group) is 1. The van der Waals surface area contributed by atoms with Crippen LogP contribution < -0.4 is 11.1 Å². The molecular weight excluding hydrogens is 303 g/mol. The molecule has 1 unspecified atom stereocenters. The number of carbonyl (C=O) groups is 2. The Bertz CT molecular complexity index is 297. The zero-order chi connectivity index (χ0) is 13.5. The first kappa shape index (κ1) is 21.7. The number of rotatable bonds is 5. The standard InChI is InChI=1S/C12H24N4O2.2ClH/c1-3-14-11(17)9-15-4-6-16(7-5-15)12(18)10(2)8-13;;/h10H,3-9,13H2,1-2H3,(H,14,17);2*1H. The van der Waals surface area contributed by atoms with E-state index in [1.807, 2.05) is 18.7 Å². The van der Waals surface area contributed by atoms with Crippen LogP contribution in [0, 0.1) is 5.92 Å². The highest BCUT2D eigenvalue weighted by atomic mass is 35.5. The van der Waals surface area contributed by atoms with Crippen molar-refractivity contribution in [3.63, 3.8) is 0 Å². The lowest BCUT2D eigenvalue weighted by Gasteiger charge is -2.35. The highest BCUT2D eigenvalue weighted by molar-refractivity contribution is 5.85. The van der Waals surface area contributed by atoms with Crippen molar-refractivity contribution in [2.24, 2.45) is 11.7 Å². The number of nitrogens with one attached hydrogen (secondary N) is 1. The van der Waals surface area contributed by atoms with Gasteiger partial charge < -0.3 is 16.0 Å². The quantitative estimate of drug-likeness (QED) is 0.726. The Morgan fingerprint density at radius 3 is 2.20 bits per heavy atom.